The van der Waals surface area contributed by atoms with Crippen molar-refractivity contribution in [2.24, 2.45) is 0 Å². The Balaban J connectivity index is 2.44. The van der Waals surface area contributed by atoms with E-state index in [1.54, 1.807) is 0 Å². The quantitative estimate of drug-likeness (QED) is 0.592. The van der Waals surface area contributed by atoms with E-state index < -0.39 is 16.4 Å². The van der Waals surface area contributed by atoms with Gasteiger partial charge >= 0.3 is 5.69 Å². The molecule has 5 nitrogen and oxygen atoms in total. The topological polar surface area (TPSA) is 75.4 Å². The predicted molar refractivity (Wildman–Crippen MR) is 54.9 cm³/mol. The number of phenols is 1. The summed E-state index contributed by atoms with van der Waals surface area (Å²) in [5, 5.41) is 23.2. The van der Waals surface area contributed by atoms with E-state index in [1.807, 2.05) is 0 Å². The molecule has 1 aliphatic rings. The maximum absolute atomic E-state index is 13.2. The Bertz CT molecular complexity index is 430. The van der Waals surface area contributed by atoms with Crippen molar-refractivity contribution < 1.29 is 14.4 Å². The van der Waals surface area contributed by atoms with Crippen molar-refractivity contribution in [3.05, 3.63) is 33.6 Å². The lowest BCUT2D eigenvalue weighted by Gasteiger charge is -2.10. The van der Waals surface area contributed by atoms with Crippen LogP contribution in [0.2, 0.25) is 0 Å². The molecule has 1 aromatic rings. The third kappa shape index (κ3) is 1.83. The molecule has 1 saturated heterocycles. The van der Waals surface area contributed by atoms with E-state index in [9.17, 15) is 19.6 Å². The van der Waals surface area contributed by atoms with Gasteiger partial charge in [0.15, 0.2) is 0 Å². The van der Waals surface area contributed by atoms with E-state index in [0.29, 0.717) is 12.1 Å². The van der Waals surface area contributed by atoms with Gasteiger partial charge in [-0.2, -0.15) is 4.39 Å². The van der Waals surface area contributed by atoms with Crippen LogP contribution in [-0.2, 0) is 0 Å². The van der Waals surface area contributed by atoms with Crippen LogP contribution in [0.1, 0.15) is 17.9 Å². The first-order valence-electron chi connectivity index (χ1n) is 4.97. The number of nitrogens with zero attached hydrogens (tertiary/aromatic N) is 1. The van der Waals surface area contributed by atoms with E-state index in [4.69, 9.17) is 0 Å². The summed E-state index contributed by atoms with van der Waals surface area (Å²) in [6.07, 6.45) is 0.788. The Hall–Kier alpha value is -1.69. The van der Waals surface area contributed by atoms with Gasteiger partial charge < -0.3 is 10.4 Å². The minimum Gasteiger partial charge on any atom is -0.508 e. The number of hydrogen-bond donors (Lipinski definition) is 2. The molecule has 1 heterocycles. The molecule has 2 rings (SSSR count). The number of benzene rings is 1. The summed E-state index contributed by atoms with van der Waals surface area (Å²) in [6.45, 7) is 1.45. The summed E-state index contributed by atoms with van der Waals surface area (Å²) >= 11 is 0. The summed E-state index contributed by atoms with van der Waals surface area (Å²) in [5.74, 6) is -1.20. The normalized spacial score (nSPS) is 19.9. The largest absolute Gasteiger partial charge is 0.508 e. The number of hydrogen-bond acceptors (Lipinski definition) is 4. The maximum atomic E-state index is 13.2. The van der Waals surface area contributed by atoms with Gasteiger partial charge in [-0.05, 0) is 13.0 Å². The van der Waals surface area contributed by atoms with E-state index in [2.05, 4.69) is 5.32 Å². The lowest BCUT2D eigenvalue weighted by atomic mass is 9.97. The van der Waals surface area contributed by atoms with Gasteiger partial charge in [0.25, 0.3) is 0 Å². The number of halogens is 1. The van der Waals surface area contributed by atoms with Gasteiger partial charge in [0.1, 0.15) is 5.75 Å². The van der Waals surface area contributed by atoms with E-state index >= 15 is 0 Å². The summed E-state index contributed by atoms with van der Waals surface area (Å²) in [4.78, 5) is 9.79. The fraction of sp³-hybridized carbons (Fsp3) is 0.400. The highest BCUT2D eigenvalue weighted by Crippen LogP contribution is 2.34. The second-order valence-electron chi connectivity index (χ2n) is 3.81. The van der Waals surface area contributed by atoms with Gasteiger partial charge in [-0.25, -0.2) is 0 Å². The van der Waals surface area contributed by atoms with Crippen LogP contribution in [-0.4, -0.2) is 23.1 Å². The SMILES string of the molecule is O=[N+]([O-])c1cc(C2CCNC2)c(O)cc1F. The summed E-state index contributed by atoms with van der Waals surface area (Å²) < 4.78 is 13.2. The molecule has 0 aliphatic carbocycles. The monoisotopic (exact) mass is 226 g/mol. The Morgan fingerprint density at radius 1 is 1.56 bits per heavy atom. The van der Waals surface area contributed by atoms with Gasteiger partial charge in [-0.15, -0.1) is 0 Å². The maximum Gasteiger partial charge on any atom is 0.305 e. The Morgan fingerprint density at radius 3 is 2.88 bits per heavy atom. The molecule has 0 saturated carbocycles. The zero-order valence-electron chi connectivity index (χ0n) is 8.44. The summed E-state index contributed by atoms with van der Waals surface area (Å²) in [7, 11) is 0. The summed E-state index contributed by atoms with van der Waals surface area (Å²) in [5.41, 5.74) is -0.141. The lowest BCUT2D eigenvalue weighted by molar-refractivity contribution is -0.387. The molecule has 16 heavy (non-hydrogen) atoms. The number of aromatic hydroxyl groups is 1. The Kier molecular flexibility index (Phi) is 2.74. The van der Waals surface area contributed by atoms with Crippen LogP contribution in [0.5, 0.6) is 5.75 Å². The van der Waals surface area contributed by atoms with Crippen LogP contribution in [0.25, 0.3) is 0 Å². The number of nitro groups is 1. The Morgan fingerprint density at radius 2 is 2.31 bits per heavy atom. The predicted octanol–water partition coefficient (Wildman–Crippen LogP) is 1.52. The van der Waals surface area contributed by atoms with Gasteiger partial charge in [-0.3, -0.25) is 10.1 Å². The van der Waals surface area contributed by atoms with E-state index in [-0.39, 0.29) is 11.7 Å². The molecule has 1 fully saturated rings. The number of rotatable bonds is 2. The molecule has 0 bridgehead atoms. The third-order valence-corrected chi connectivity index (χ3v) is 2.79. The van der Waals surface area contributed by atoms with Crippen molar-refractivity contribution in [1.29, 1.82) is 0 Å². The molecule has 0 radical (unpaired) electrons. The molecule has 1 aliphatic heterocycles. The average molecular weight is 226 g/mol. The first kappa shape index (κ1) is 10.8. The van der Waals surface area contributed by atoms with Crippen molar-refractivity contribution in [3.63, 3.8) is 0 Å². The zero-order valence-corrected chi connectivity index (χ0v) is 8.44. The van der Waals surface area contributed by atoms with Gasteiger partial charge in [0.2, 0.25) is 5.82 Å². The number of nitro benzene ring substituents is 1. The number of nitrogens with one attached hydrogen (secondary N) is 1. The van der Waals surface area contributed by atoms with E-state index in [0.717, 1.165) is 25.1 Å². The fourth-order valence-electron chi connectivity index (χ4n) is 1.95. The second-order valence-corrected chi connectivity index (χ2v) is 3.81. The minimum absolute atomic E-state index is 0.0132. The summed E-state index contributed by atoms with van der Waals surface area (Å²) in [6, 6.07) is 1.94. The molecule has 0 aromatic heterocycles. The molecule has 1 aromatic carbocycles. The second kappa shape index (κ2) is 4.05. The molecule has 2 N–H and O–H groups in total. The van der Waals surface area contributed by atoms with Crippen LogP contribution < -0.4 is 5.32 Å². The Labute approximate surface area is 91.0 Å². The van der Waals surface area contributed by atoms with Crippen molar-refractivity contribution >= 4 is 5.69 Å². The lowest BCUT2D eigenvalue weighted by Crippen LogP contribution is -2.08. The standard InChI is InChI=1S/C10H11FN2O3/c11-8-4-10(14)7(3-9(8)13(15)16)6-1-2-12-5-6/h3-4,6,12,14H,1-2,5H2. The smallest absolute Gasteiger partial charge is 0.305 e. The molecular weight excluding hydrogens is 215 g/mol. The van der Waals surface area contributed by atoms with Crippen LogP contribution in [0.15, 0.2) is 12.1 Å². The van der Waals surface area contributed by atoms with Crippen molar-refractivity contribution in [2.75, 3.05) is 13.1 Å². The third-order valence-electron chi connectivity index (χ3n) is 2.79. The fourth-order valence-corrected chi connectivity index (χ4v) is 1.95. The van der Waals surface area contributed by atoms with Crippen LogP contribution in [0.4, 0.5) is 10.1 Å². The number of phenolic OH excluding ortho intramolecular Hbond substituents is 1. The molecular formula is C10H11FN2O3. The molecule has 0 spiro atoms. The van der Waals surface area contributed by atoms with Crippen molar-refractivity contribution in [1.82, 2.24) is 5.32 Å². The van der Waals surface area contributed by atoms with Crippen LogP contribution >= 0.6 is 0 Å². The van der Waals surface area contributed by atoms with Gasteiger partial charge in [0, 0.05) is 30.2 Å². The van der Waals surface area contributed by atoms with Crippen molar-refractivity contribution in [3.8, 4) is 5.75 Å². The highest BCUT2D eigenvalue weighted by atomic mass is 19.1. The van der Waals surface area contributed by atoms with Gasteiger partial charge in [-0.1, -0.05) is 0 Å². The van der Waals surface area contributed by atoms with Crippen molar-refractivity contribution in [2.45, 2.75) is 12.3 Å². The molecule has 0 amide bonds. The van der Waals surface area contributed by atoms with Gasteiger partial charge in [0.05, 0.1) is 4.92 Å². The molecule has 6 heteroatoms. The highest BCUT2D eigenvalue weighted by molar-refractivity contribution is 5.46. The molecule has 86 valence electrons. The molecule has 1 unspecified atom stereocenters. The van der Waals surface area contributed by atoms with Crippen LogP contribution in [0.3, 0.4) is 0 Å². The minimum atomic E-state index is -1.00. The first-order chi connectivity index (χ1) is 7.59. The van der Waals surface area contributed by atoms with Crippen LogP contribution in [0, 0.1) is 15.9 Å². The first-order valence-corrected chi connectivity index (χ1v) is 4.97. The zero-order chi connectivity index (χ0) is 11.7. The molecule has 1 atom stereocenters. The van der Waals surface area contributed by atoms with E-state index in [1.165, 1.54) is 0 Å². The highest BCUT2D eigenvalue weighted by Gasteiger charge is 2.25. The average Bonchev–Trinajstić information content (AvgIpc) is 2.70.